The summed E-state index contributed by atoms with van der Waals surface area (Å²) in [5, 5.41) is 13.5. The maximum Gasteiger partial charge on any atom is 0.162 e. The molecule has 0 amide bonds. The van der Waals surface area contributed by atoms with Gasteiger partial charge < -0.3 is 9.52 Å². The van der Waals surface area contributed by atoms with Crippen molar-refractivity contribution in [3.63, 3.8) is 0 Å². The van der Waals surface area contributed by atoms with E-state index in [1.54, 1.807) is 0 Å². The first-order chi connectivity index (χ1) is 22.0. The number of benzene rings is 3. The van der Waals surface area contributed by atoms with E-state index in [0.717, 1.165) is 62.7 Å². The molecule has 0 atom stereocenters. The van der Waals surface area contributed by atoms with Crippen LogP contribution < -0.4 is 0 Å². The van der Waals surface area contributed by atoms with Crippen molar-refractivity contribution in [2.24, 2.45) is 11.8 Å². The van der Waals surface area contributed by atoms with E-state index in [4.69, 9.17) is 4.42 Å². The number of carbonyl (C=O) groups excluding carboxylic acids is 1. The predicted octanol–water partition coefficient (Wildman–Crippen LogP) is 12.1. The largest absolute Gasteiger partial charge is 0.512 e. The molecule has 3 heterocycles. The number of para-hydroxylation sites is 1. The molecule has 47 heavy (non-hydrogen) atoms. The number of halogens is 1. The van der Waals surface area contributed by atoms with Gasteiger partial charge in [-0.25, -0.2) is 4.39 Å². The number of aliphatic hydroxyl groups is 1. The van der Waals surface area contributed by atoms with Crippen molar-refractivity contribution in [3.8, 4) is 11.3 Å². The second kappa shape index (κ2) is 15.2. The van der Waals surface area contributed by atoms with Gasteiger partial charge in [0, 0.05) is 53.8 Å². The van der Waals surface area contributed by atoms with E-state index in [1.165, 1.54) is 34.6 Å². The third kappa shape index (κ3) is 7.38. The normalized spacial score (nSPS) is 12.3. The van der Waals surface area contributed by atoms with E-state index >= 15 is 0 Å². The maximum atomic E-state index is 15.0. The molecule has 6 rings (SSSR count). The zero-order chi connectivity index (χ0) is 33.2. The van der Waals surface area contributed by atoms with Crippen LogP contribution >= 0.6 is 11.3 Å². The Hall–Kier alpha value is -3.38. The summed E-state index contributed by atoms with van der Waals surface area (Å²) in [6.45, 7) is 14.7. The molecule has 3 aromatic heterocycles. The van der Waals surface area contributed by atoms with Gasteiger partial charge in [-0.05, 0) is 43.2 Å². The molecule has 1 radical (unpaired) electrons. The van der Waals surface area contributed by atoms with E-state index < -0.39 is 0 Å². The second-order valence-electron chi connectivity index (χ2n) is 12.9. The van der Waals surface area contributed by atoms with Crippen molar-refractivity contribution in [3.05, 3.63) is 90.1 Å². The number of allylic oxidation sites excluding steroid dienone is 2. The Morgan fingerprint density at radius 3 is 2.21 bits per heavy atom. The fourth-order valence-electron chi connectivity index (χ4n) is 6.12. The fourth-order valence-corrected chi connectivity index (χ4v) is 7.39. The number of hydrogen-bond acceptors (Lipinski definition) is 5. The molecule has 4 nitrogen and oxygen atoms in total. The first kappa shape index (κ1) is 36.5. The van der Waals surface area contributed by atoms with Crippen LogP contribution in [0, 0.1) is 23.7 Å². The van der Waals surface area contributed by atoms with Gasteiger partial charge in [-0.3, -0.25) is 9.78 Å². The van der Waals surface area contributed by atoms with Crippen LogP contribution in [0.15, 0.2) is 77.0 Å². The molecule has 3 aromatic carbocycles. The average Bonchev–Trinajstić information content (AvgIpc) is 3.59. The van der Waals surface area contributed by atoms with Gasteiger partial charge in [0.1, 0.15) is 5.58 Å². The number of nitrogens with zero attached hydrogens (tertiary/aromatic N) is 1. The van der Waals surface area contributed by atoms with Gasteiger partial charge in [-0.2, -0.15) is 0 Å². The van der Waals surface area contributed by atoms with Crippen LogP contribution in [0.4, 0.5) is 4.39 Å². The van der Waals surface area contributed by atoms with Gasteiger partial charge in [-0.1, -0.05) is 89.7 Å². The molecule has 0 unspecified atom stereocenters. The van der Waals surface area contributed by atoms with Crippen molar-refractivity contribution in [2.45, 2.75) is 79.6 Å². The number of carbonyl (C=O) groups is 1. The topological polar surface area (TPSA) is 63.3 Å². The SMILES string of the molecule is CC(C)(C)c1cc(-c2ncc(F)c3c2sc2c4ccccc4oc23)[c-]c2ccccc12.CCC(CC)C(=O)/C=C(\O)C(CC)CC.[Ir]. The minimum absolute atomic E-state index is 0. The summed E-state index contributed by atoms with van der Waals surface area (Å²) in [5.74, 6) is 0.187. The molecule has 0 saturated heterocycles. The molecule has 0 aliphatic carbocycles. The predicted molar refractivity (Wildman–Crippen MR) is 191 cm³/mol. The minimum atomic E-state index is -0.360. The number of hydrogen-bond donors (Lipinski definition) is 1. The molecule has 0 aliphatic heterocycles. The third-order valence-corrected chi connectivity index (χ3v) is 10.1. The Labute approximate surface area is 294 Å². The van der Waals surface area contributed by atoms with Gasteiger partial charge in [0.2, 0.25) is 0 Å². The zero-order valence-corrected chi connectivity index (χ0v) is 31.4. The summed E-state index contributed by atoms with van der Waals surface area (Å²) < 4.78 is 22.8. The average molecular weight is 829 g/mol. The van der Waals surface area contributed by atoms with Gasteiger partial charge >= 0.3 is 0 Å². The first-order valence-corrected chi connectivity index (χ1v) is 17.1. The van der Waals surface area contributed by atoms with Gasteiger partial charge in [0.05, 0.1) is 22.0 Å². The van der Waals surface area contributed by atoms with Crippen LogP contribution in [0.5, 0.6) is 0 Å². The monoisotopic (exact) mass is 829 g/mol. The summed E-state index contributed by atoms with van der Waals surface area (Å²) >= 11 is 1.54. The summed E-state index contributed by atoms with van der Waals surface area (Å²) in [4.78, 5) is 16.2. The van der Waals surface area contributed by atoms with Crippen LogP contribution in [0.3, 0.4) is 0 Å². The van der Waals surface area contributed by atoms with Crippen LogP contribution in [0.2, 0.25) is 0 Å². The van der Waals surface area contributed by atoms with Crippen LogP contribution in [0.1, 0.15) is 79.7 Å². The summed E-state index contributed by atoms with van der Waals surface area (Å²) in [7, 11) is 0. The molecule has 0 spiro atoms. The molecule has 0 bridgehead atoms. The number of fused-ring (bicyclic) bond motifs is 6. The molecule has 0 aliphatic rings. The van der Waals surface area contributed by atoms with Crippen molar-refractivity contribution >= 4 is 59.2 Å². The molecular formula is C40H43FIrNO3S-. The molecule has 1 N–H and O–H groups in total. The standard InChI is InChI=1S/C27H19FNOS.C13H24O2.Ir/c1-27(2,3)19-13-16(12-15-8-4-5-9-17(15)19)23-26-22(20(28)14-29-23)24-25(31-26)18-10-6-7-11-21(18)30-24;1-5-10(6-2)12(14)9-13(15)11(7-3)8-4;/h4-11,13-14H,1-3H3;9-11,14H,5-8H2,1-4H3;/q-1;;/b;12-9-;. The Morgan fingerprint density at radius 2 is 1.57 bits per heavy atom. The smallest absolute Gasteiger partial charge is 0.162 e. The zero-order valence-electron chi connectivity index (χ0n) is 28.2. The Bertz CT molecular complexity index is 2040. The first-order valence-electron chi connectivity index (χ1n) is 16.3. The van der Waals surface area contributed by atoms with Crippen molar-refractivity contribution in [1.29, 1.82) is 0 Å². The third-order valence-electron chi connectivity index (χ3n) is 8.89. The molecule has 7 heteroatoms. The fraction of sp³-hybridized carbons (Fsp3) is 0.350. The number of furan rings is 1. The second-order valence-corrected chi connectivity index (χ2v) is 13.9. The van der Waals surface area contributed by atoms with Crippen molar-refractivity contribution in [2.75, 3.05) is 0 Å². The van der Waals surface area contributed by atoms with E-state index in [0.29, 0.717) is 11.0 Å². The maximum absolute atomic E-state index is 15.0. The van der Waals surface area contributed by atoms with Gasteiger partial charge in [-0.15, -0.1) is 40.5 Å². The van der Waals surface area contributed by atoms with Crippen LogP contribution in [-0.2, 0) is 30.3 Å². The van der Waals surface area contributed by atoms with Crippen LogP contribution in [-0.4, -0.2) is 15.9 Å². The van der Waals surface area contributed by atoms with Crippen molar-refractivity contribution in [1.82, 2.24) is 4.98 Å². The van der Waals surface area contributed by atoms with Gasteiger partial charge in [0.15, 0.2) is 17.2 Å². The minimum Gasteiger partial charge on any atom is -0.512 e. The van der Waals surface area contributed by atoms with Crippen LogP contribution in [0.25, 0.3) is 53.4 Å². The van der Waals surface area contributed by atoms with Gasteiger partial charge in [0.25, 0.3) is 0 Å². The van der Waals surface area contributed by atoms with E-state index in [-0.39, 0.29) is 54.7 Å². The number of aliphatic hydroxyl groups excluding tert-OH is 1. The molecular weight excluding hydrogens is 786 g/mol. The number of aromatic nitrogens is 1. The van der Waals surface area contributed by atoms with E-state index in [9.17, 15) is 14.3 Å². The quantitative estimate of drug-likeness (QED) is 0.0943. The van der Waals surface area contributed by atoms with E-state index in [1.807, 2.05) is 58.0 Å². The summed E-state index contributed by atoms with van der Waals surface area (Å²) in [6.07, 6.45) is 6.21. The van der Waals surface area contributed by atoms with E-state index in [2.05, 4.69) is 56.1 Å². The summed E-state index contributed by atoms with van der Waals surface area (Å²) in [6, 6.07) is 21.8. The number of ketones is 1. The number of rotatable bonds is 8. The Morgan fingerprint density at radius 1 is 0.957 bits per heavy atom. The number of pyridine rings is 1. The Kier molecular flexibility index (Phi) is 11.8. The molecule has 249 valence electrons. The molecule has 6 aromatic rings. The van der Waals surface area contributed by atoms with Crippen molar-refractivity contribution < 1.29 is 38.8 Å². The molecule has 0 saturated carbocycles. The summed E-state index contributed by atoms with van der Waals surface area (Å²) in [5.41, 5.74) is 4.16. The number of thiophene rings is 1. The Balaban J connectivity index is 0.000000269. The molecule has 0 fully saturated rings.